The largest absolute Gasteiger partial charge is 0.351 e. The highest BCUT2D eigenvalue weighted by Gasteiger charge is 2.48. The van der Waals surface area contributed by atoms with Crippen molar-refractivity contribution in [1.29, 1.82) is 0 Å². The van der Waals surface area contributed by atoms with E-state index in [1.54, 1.807) is 17.9 Å². The first kappa shape index (κ1) is 22.8. The van der Waals surface area contributed by atoms with Gasteiger partial charge in [-0.25, -0.2) is 0 Å². The Kier molecular flexibility index (Phi) is 6.83. The molecule has 1 aromatic rings. The molecule has 1 saturated heterocycles. The van der Waals surface area contributed by atoms with Gasteiger partial charge >= 0.3 is 0 Å². The van der Waals surface area contributed by atoms with Gasteiger partial charge in [-0.2, -0.15) is 5.10 Å². The molecule has 1 unspecified atom stereocenters. The first-order chi connectivity index (χ1) is 15.4. The van der Waals surface area contributed by atoms with Crippen LogP contribution in [0.3, 0.4) is 0 Å². The van der Waals surface area contributed by atoms with Gasteiger partial charge in [0.05, 0.1) is 6.54 Å². The number of amides is 3. The van der Waals surface area contributed by atoms with Crippen LogP contribution >= 0.6 is 0 Å². The quantitative estimate of drug-likeness (QED) is 0.662. The normalized spacial score (nSPS) is 24.4. The van der Waals surface area contributed by atoms with Gasteiger partial charge in [0, 0.05) is 31.7 Å². The van der Waals surface area contributed by atoms with Crippen LogP contribution in [0.15, 0.2) is 6.07 Å². The molecule has 0 bridgehead atoms. The monoisotopic (exact) mass is 444 g/mol. The Bertz CT molecular complexity index is 856. The lowest BCUT2D eigenvalue weighted by Gasteiger charge is -2.43. The van der Waals surface area contributed by atoms with E-state index in [0.29, 0.717) is 18.8 Å². The molecule has 1 aromatic heterocycles. The predicted molar refractivity (Wildman–Crippen MR) is 120 cm³/mol. The SMILES string of the molecule is CCN1C(=O)c2cc(C(=O)NCCN3CCCCC3)nn2CC1(C)C(=O)NC1CCCC1. The van der Waals surface area contributed by atoms with Crippen LogP contribution in [-0.4, -0.2) is 81.6 Å². The predicted octanol–water partition coefficient (Wildman–Crippen LogP) is 1.39. The van der Waals surface area contributed by atoms with E-state index in [1.165, 1.54) is 23.9 Å². The van der Waals surface area contributed by atoms with Crippen molar-refractivity contribution in [1.82, 2.24) is 30.2 Å². The smallest absolute Gasteiger partial charge is 0.273 e. The minimum atomic E-state index is -1.03. The number of aromatic nitrogens is 2. The Labute approximate surface area is 189 Å². The molecule has 2 fully saturated rings. The minimum absolute atomic E-state index is 0.145. The number of hydrogen-bond donors (Lipinski definition) is 2. The number of likely N-dealkylation sites (N-methyl/N-ethyl adjacent to an activating group) is 1. The van der Waals surface area contributed by atoms with E-state index < -0.39 is 5.54 Å². The molecular formula is C23H36N6O3. The molecule has 1 atom stereocenters. The third kappa shape index (κ3) is 4.53. The molecule has 32 heavy (non-hydrogen) atoms. The van der Waals surface area contributed by atoms with Gasteiger partial charge in [0.15, 0.2) is 5.69 Å². The van der Waals surface area contributed by atoms with Crippen LogP contribution in [0, 0.1) is 0 Å². The minimum Gasteiger partial charge on any atom is -0.351 e. The lowest BCUT2D eigenvalue weighted by molar-refractivity contribution is -0.133. The number of carbonyl (C=O) groups is 3. The van der Waals surface area contributed by atoms with E-state index in [0.717, 1.165) is 45.3 Å². The number of likely N-dealkylation sites (tertiary alicyclic amines) is 1. The van der Waals surface area contributed by atoms with Crippen LogP contribution < -0.4 is 10.6 Å². The molecule has 0 aromatic carbocycles. The molecule has 1 aliphatic carbocycles. The van der Waals surface area contributed by atoms with E-state index in [4.69, 9.17) is 0 Å². The van der Waals surface area contributed by atoms with Gasteiger partial charge in [0.1, 0.15) is 11.2 Å². The number of hydrogen-bond acceptors (Lipinski definition) is 5. The summed E-state index contributed by atoms with van der Waals surface area (Å²) in [5.74, 6) is -0.687. The molecule has 9 heteroatoms. The zero-order chi connectivity index (χ0) is 22.7. The van der Waals surface area contributed by atoms with Crippen molar-refractivity contribution in [2.45, 2.75) is 76.9 Å². The molecule has 2 N–H and O–H groups in total. The van der Waals surface area contributed by atoms with Crippen molar-refractivity contribution in [3.8, 4) is 0 Å². The zero-order valence-electron chi connectivity index (χ0n) is 19.4. The van der Waals surface area contributed by atoms with E-state index in [-0.39, 0.29) is 36.0 Å². The highest BCUT2D eigenvalue weighted by atomic mass is 16.2. The number of nitrogens with one attached hydrogen (secondary N) is 2. The van der Waals surface area contributed by atoms with E-state index in [1.807, 2.05) is 6.92 Å². The standard InChI is InChI=1S/C23H36N6O3/c1-3-28-21(31)19-15-18(20(30)24-11-14-27-12-7-4-8-13-27)26-29(19)16-23(28,2)22(32)25-17-9-5-6-10-17/h15,17H,3-14,16H2,1-2H3,(H,24,30)(H,25,32). The van der Waals surface area contributed by atoms with Crippen LogP contribution in [-0.2, 0) is 11.3 Å². The van der Waals surface area contributed by atoms with Gasteiger partial charge in [-0.1, -0.05) is 19.3 Å². The van der Waals surface area contributed by atoms with Gasteiger partial charge in [-0.05, 0) is 52.6 Å². The van der Waals surface area contributed by atoms with Crippen LogP contribution in [0.4, 0.5) is 0 Å². The maximum Gasteiger partial charge on any atom is 0.273 e. The summed E-state index contributed by atoms with van der Waals surface area (Å²) in [5, 5.41) is 10.5. The summed E-state index contributed by atoms with van der Waals surface area (Å²) in [4.78, 5) is 43.1. The Morgan fingerprint density at radius 1 is 1.16 bits per heavy atom. The van der Waals surface area contributed by atoms with Gasteiger partial charge in [-0.3, -0.25) is 19.1 Å². The Morgan fingerprint density at radius 2 is 1.88 bits per heavy atom. The van der Waals surface area contributed by atoms with Crippen LogP contribution in [0.1, 0.15) is 79.8 Å². The van der Waals surface area contributed by atoms with Crippen molar-refractivity contribution < 1.29 is 14.4 Å². The number of fused-ring (bicyclic) bond motifs is 1. The van der Waals surface area contributed by atoms with Crippen molar-refractivity contribution >= 4 is 17.7 Å². The molecule has 176 valence electrons. The van der Waals surface area contributed by atoms with E-state index >= 15 is 0 Å². The second kappa shape index (κ2) is 9.60. The van der Waals surface area contributed by atoms with Crippen LogP contribution in [0.25, 0.3) is 0 Å². The number of piperidine rings is 1. The molecule has 9 nitrogen and oxygen atoms in total. The Morgan fingerprint density at radius 3 is 2.56 bits per heavy atom. The van der Waals surface area contributed by atoms with Crippen molar-refractivity contribution in [2.24, 2.45) is 0 Å². The number of rotatable bonds is 7. The second-order valence-electron chi connectivity index (χ2n) is 9.51. The number of carbonyl (C=O) groups excluding carboxylic acids is 3. The van der Waals surface area contributed by atoms with Gasteiger partial charge in [0.25, 0.3) is 11.8 Å². The summed E-state index contributed by atoms with van der Waals surface area (Å²) >= 11 is 0. The fraction of sp³-hybridized carbons (Fsp3) is 0.739. The first-order valence-corrected chi connectivity index (χ1v) is 12.1. The fourth-order valence-electron chi connectivity index (χ4n) is 5.26. The highest BCUT2D eigenvalue weighted by Crippen LogP contribution is 2.28. The molecule has 0 spiro atoms. The van der Waals surface area contributed by atoms with E-state index in [9.17, 15) is 14.4 Å². The van der Waals surface area contributed by atoms with E-state index in [2.05, 4.69) is 20.6 Å². The van der Waals surface area contributed by atoms with Crippen LogP contribution in [0.5, 0.6) is 0 Å². The maximum atomic E-state index is 13.2. The molecule has 4 rings (SSSR count). The van der Waals surface area contributed by atoms with Crippen molar-refractivity contribution in [3.05, 3.63) is 17.5 Å². The molecule has 1 saturated carbocycles. The highest BCUT2D eigenvalue weighted by molar-refractivity contribution is 6.01. The molecule has 2 aliphatic heterocycles. The van der Waals surface area contributed by atoms with Crippen molar-refractivity contribution in [3.63, 3.8) is 0 Å². The Balaban J connectivity index is 1.43. The second-order valence-corrected chi connectivity index (χ2v) is 9.51. The van der Waals surface area contributed by atoms with Gasteiger partial charge in [-0.15, -0.1) is 0 Å². The topological polar surface area (TPSA) is 99.6 Å². The third-order valence-electron chi connectivity index (χ3n) is 7.19. The summed E-state index contributed by atoms with van der Waals surface area (Å²) in [6.45, 7) is 7.85. The third-order valence-corrected chi connectivity index (χ3v) is 7.19. The molecule has 3 amide bonds. The average molecular weight is 445 g/mol. The molecule has 0 radical (unpaired) electrons. The summed E-state index contributed by atoms with van der Waals surface area (Å²) in [6, 6.07) is 1.73. The first-order valence-electron chi connectivity index (χ1n) is 12.1. The zero-order valence-corrected chi connectivity index (χ0v) is 19.4. The average Bonchev–Trinajstić information content (AvgIpc) is 3.44. The van der Waals surface area contributed by atoms with Crippen molar-refractivity contribution in [2.75, 3.05) is 32.7 Å². The van der Waals surface area contributed by atoms with Gasteiger partial charge < -0.3 is 20.4 Å². The number of nitrogens with zero attached hydrogens (tertiary/aromatic N) is 4. The summed E-state index contributed by atoms with van der Waals surface area (Å²) in [6.07, 6.45) is 7.92. The lowest BCUT2D eigenvalue weighted by Crippen LogP contribution is -2.64. The summed E-state index contributed by atoms with van der Waals surface area (Å²) in [7, 11) is 0. The summed E-state index contributed by atoms with van der Waals surface area (Å²) in [5.41, 5.74) is -0.446. The fourth-order valence-corrected chi connectivity index (χ4v) is 5.26. The van der Waals surface area contributed by atoms with Crippen LogP contribution in [0.2, 0.25) is 0 Å². The Hall–Kier alpha value is -2.42. The molecule has 3 aliphatic rings. The molecule has 3 heterocycles. The molecular weight excluding hydrogens is 408 g/mol. The summed E-state index contributed by atoms with van der Waals surface area (Å²) < 4.78 is 1.53. The lowest BCUT2D eigenvalue weighted by atomic mass is 9.94. The maximum absolute atomic E-state index is 13.2. The van der Waals surface area contributed by atoms with Gasteiger partial charge in [0.2, 0.25) is 5.91 Å².